The third-order valence-electron chi connectivity index (χ3n) is 5.59. The van der Waals surface area contributed by atoms with Crippen LogP contribution in [-0.4, -0.2) is 68.8 Å². The first-order valence-corrected chi connectivity index (χ1v) is 9.20. The van der Waals surface area contributed by atoms with Gasteiger partial charge in [-0.3, -0.25) is 19.1 Å². The third-order valence-corrected chi connectivity index (χ3v) is 5.59. The Morgan fingerprint density at radius 3 is 2.92 bits per heavy atom. The van der Waals surface area contributed by atoms with Gasteiger partial charge in [-0.15, -0.1) is 0 Å². The number of nitrogens with one attached hydrogen (secondary N) is 1. The van der Waals surface area contributed by atoms with Gasteiger partial charge in [0.1, 0.15) is 0 Å². The van der Waals surface area contributed by atoms with Crippen LogP contribution in [0.1, 0.15) is 31.4 Å². The molecule has 0 aliphatic carbocycles. The highest BCUT2D eigenvalue weighted by molar-refractivity contribution is 5.82. The molecule has 1 atom stereocenters. The van der Waals surface area contributed by atoms with E-state index in [1.54, 1.807) is 18.6 Å². The highest BCUT2D eigenvalue weighted by Crippen LogP contribution is 2.25. The summed E-state index contributed by atoms with van der Waals surface area (Å²) in [5, 5.41) is 3.12. The molecule has 0 aromatic carbocycles. The fraction of sp³-hybridized carbons (Fsp3) is 0.611. The van der Waals surface area contributed by atoms with Crippen LogP contribution in [0.3, 0.4) is 0 Å². The molecule has 25 heavy (non-hydrogen) atoms. The predicted octanol–water partition coefficient (Wildman–Crippen LogP) is 0.904. The van der Waals surface area contributed by atoms with Gasteiger partial charge >= 0.3 is 0 Å². The van der Waals surface area contributed by atoms with Gasteiger partial charge in [-0.1, -0.05) is 0 Å². The van der Waals surface area contributed by atoms with Gasteiger partial charge in [-0.25, -0.2) is 4.98 Å². The Hall–Kier alpha value is -1.99. The van der Waals surface area contributed by atoms with Crippen LogP contribution in [0.2, 0.25) is 0 Å². The SMILES string of the molecule is CN1CCC(N2CCC[C@H]2C(=O)NCc2cnc3cnccn23)CC1. The standard InChI is InChI=1S/C18H26N6O/c1-22-8-4-14(5-9-22)23-7-2-3-16(23)18(25)21-12-15-11-20-17-13-19-6-10-24(15)17/h6,10-11,13-14,16H,2-5,7-9,12H2,1H3,(H,21,25)/t16-/m0/s1. The number of amides is 1. The lowest BCUT2D eigenvalue weighted by Gasteiger charge is -2.37. The molecule has 0 unspecified atom stereocenters. The van der Waals surface area contributed by atoms with Gasteiger partial charge in [0.2, 0.25) is 5.91 Å². The second-order valence-electron chi connectivity index (χ2n) is 7.20. The fourth-order valence-electron chi connectivity index (χ4n) is 4.16. The number of hydrogen-bond acceptors (Lipinski definition) is 5. The molecule has 2 saturated heterocycles. The molecule has 0 spiro atoms. The van der Waals surface area contributed by atoms with Crippen molar-refractivity contribution in [1.82, 2.24) is 29.5 Å². The quantitative estimate of drug-likeness (QED) is 0.894. The summed E-state index contributed by atoms with van der Waals surface area (Å²) in [6.45, 7) is 3.81. The molecule has 0 bridgehead atoms. The molecule has 4 rings (SSSR count). The van der Waals surface area contributed by atoms with Gasteiger partial charge in [0.05, 0.1) is 30.7 Å². The summed E-state index contributed by atoms with van der Waals surface area (Å²) >= 11 is 0. The van der Waals surface area contributed by atoms with E-state index in [0.717, 1.165) is 43.8 Å². The van der Waals surface area contributed by atoms with Crippen molar-refractivity contribution in [2.45, 2.75) is 44.3 Å². The summed E-state index contributed by atoms with van der Waals surface area (Å²) in [6, 6.07) is 0.575. The maximum Gasteiger partial charge on any atom is 0.237 e. The maximum absolute atomic E-state index is 12.8. The number of hydrogen-bond donors (Lipinski definition) is 1. The molecule has 7 nitrogen and oxygen atoms in total. The molecule has 1 N–H and O–H groups in total. The smallest absolute Gasteiger partial charge is 0.237 e. The average molecular weight is 342 g/mol. The van der Waals surface area contributed by atoms with E-state index in [9.17, 15) is 4.79 Å². The number of aromatic nitrogens is 3. The van der Waals surface area contributed by atoms with Gasteiger partial charge in [0, 0.05) is 18.4 Å². The van der Waals surface area contributed by atoms with Gasteiger partial charge in [-0.2, -0.15) is 0 Å². The van der Waals surface area contributed by atoms with E-state index in [2.05, 4.69) is 32.1 Å². The van der Waals surface area contributed by atoms with Crippen LogP contribution in [-0.2, 0) is 11.3 Å². The Morgan fingerprint density at radius 1 is 1.24 bits per heavy atom. The van der Waals surface area contributed by atoms with Crippen molar-refractivity contribution >= 4 is 11.6 Å². The molecule has 134 valence electrons. The van der Waals surface area contributed by atoms with Crippen molar-refractivity contribution in [3.8, 4) is 0 Å². The number of imidazole rings is 1. The topological polar surface area (TPSA) is 65.8 Å². The maximum atomic E-state index is 12.8. The van der Waals surface area contributed by atoms with E-state index in [4.69, 9.17) is 0 Å². The van der Waals surface area contributed by atoms with Crippen molar-refractivity contribution in [3.63, 3.8) is 0 Å². The Balaban J connectivity index is 1.38. The minimum Gasteiger partial charge on any atom is -0.349 e. The number of nitrogens with zero attached hydrogens (tertiary/aromatic N) is 5. The molecule has 4 heterocycles. The number of carbonyl (C=O) groups is 1. The van der Waals surface area contributed by atoms with Crippen molar-refractivity contribution in [3.05, 3.63) is 30.5 Å². The number of rotatable bonds is 4. The summed E-state index contributed by atoms with van der Waals surface area (Å²) in [5.41, 5.74) is 1.79. The van der Waals surface area contributed by atoms with Crippen LogP contribution >= 0.6 is 0 Å². The van der Waals surface area contributed by atoms with Crippen molar-refractivity contribution in [2.24, 2.45) is 0 Å². The summed E-state index contributed by atoms with van der Waals surface area (Å²) in [4.78, 5) is 26.0. The third kappa shape index (κ3) is 3.39. The van der Waals surface area contributed by atoms with Crippen LogP contribution in [0, 0.1) is 0 Å². The largest absolute Gasteiger partial charge is 0.349 e. The first-order valence-electron chi connectivity index (χ1n) is 9.20. The lowest BCUT2D eigenvalue weighted by atomic mass is 10.0. The van der Waals surface area contributed by atoms with Crippen molar-refractivity contribution < 1.29 is 4.79 Å². The first kappa shape index (κ1) is 16.5. The zero-order chi connectivity index (χ0) is 17.2. The van der Waals surface area contributed by atoms with E-state index in [1.165, 1.54) is 12.8 Å². The summed E-state index contributed by atoms with van der Waals surface area (Å²) in [7, 11) is 2.18. The molecule has 2 aromatic heterocycles. The van der Waals surface area contributed by atoms with Crippen LogP contribution in [0.5, 0.6) is 0 Å². The lowest BCUT2D eigenvalue weighted by Crippen LogP contribution is -2.50. The molecule has 2 aliphatic rings. The fourth-order valence-corrected chi connectivity index (χ4v) is 4.16. The van der Waals surface area contributed by atoms with Crippen molar-refractivity contribution in [2.75, 3.05) is 26.7 Å². The average Bonchev–Trinajstić information content (AvgIpc) is 3.28. The Labute approximate surface area is 148 Å². The second kappa shape index (κ2) is 7.09. The van der Waals surface area contributed by atoms with Crippen LogP contribution in [0.15, 0.2) is 24.8 Å². The Kier molecular flexibility index (Phi) is 4.67. The highest BCUT2D eigenvalue weighted by Gasteiger charge is 2.36. The lowest BCUT2D eigenvalue weighted by molar-refractivity contribution is -0.126. The number of piperidine rings is 1. The highest BCUT2D eigenvalue weighted by atomic mass is 16.2. The van der Waals surface area contributed by atoms with Crippen LogP contribution in [0.4, 0.5) is 0 Å². The van der Waals surface area contributed by atoms with Gasteiger partial charge < -0.3 is 10.2 Å². The van der Waals surface area contributed by atoms with Crippen molar-refractivity contribution in [1.29, 1.82) is 0 Å². The minimum absolute atomic E-state index is 0.0225. The number of fused-ring (bicyclic) bond motifs is 1. The number of likely N-dealkylation sites (tertiary alicyclic amines) is 2. The van der Waals surface area contributed by atoms with E-state index in [0.29, 0.717) is 12.6 Å². The van der Waals surface area contributed by atoms with Gasteiger partial charge in [0.25, 0.3) is 0 Å². The molecule has 7 heteroatoms. The molecular weight excluding hydrogens is 316 g/mol. The van der Waals surface area contributed by atoms with Gasteiger partial charge in [-0.05, 0) is 52.4 Å². The van der Waals surface area contributed by atoms with E-state index in [-0.39, 0.29) is 11.9 Å². The van der Waals surface area contributed by atoms with Crippen LogP contribution in [0.25, 0.3) is 5.65 Å². The molecule has 0 radical (unpaired) electrons. The molecule has 1 amide bonds. The Morgan fingerprint density at radius 2 is 2.08 bits per heavy atom. The summed E-state index contributed by atoms with van der Waals surface area (Å²) < 4.78 is 1.97. The first-order chi connectivity index (χ1) is 12.2. The summed E-state index contributed by atoms with van der Waals surface area (Å²) in [5.74, 6) is 0.153. The summed E-state index contributed by atoms with van der Waals surface area (Å²) in [6.07, 6.45) is 11.6. The van der Waals surface area contributed by atoms with E-state index >= 15 is 0 Å². The Bertz CT molecular complexity index is 736. The van der Waals surface area contributed by atoms with Crippen LogP contribution < -0.4 is 5.32 Å². The molecule has 2 aromatic rings. The monoisotopic (exact) mass is 342 g/mol. The molecule has 0 saturated carbocycles. The van der Waals surface area contributed by atoms with Gasteiger partial charge in [0.15, 0.2) is 5.65 Å². The molecular formula is C18H26N6O. The molecule has 2 aliphatic heterocycles. The normalized spacial score (nSPS) is 23.3. The zero-order valence-corrected chi connectivity index (χ0v) is 14.8. The zero-order valence-electron chi connectivity index (χ0n) is 14.8. The number of carbonyl (C=O) groups excluding carboxylic acids is 1. The predicted molar refractivity (Wildman–Crippen MR) is 95.1 cm³/mol. The molecule has 2 fully saturated rings. The van der Waals surface area contributed by atoms with E-state index < -0.39 is 0 Å². The minimum atomic E-state index is 0.0225. The van der Waals surface area contributed by atoms with E-state index in [1.807, 2.05) is 10.6 Å². The second-order valence-corrected chi connectivity index (χ2v) is 7.20.